The Kier molecular flexibility index (Phi) is 6.42. The molecule has 268 valence electrons. The van der Waals surface area contributed by atoms with Gasteiger partial charge in [0.25, 0.3) is 0 Å². The van der Waals surface area contributed by atoms with Crippen LogP contribution in [0.25, 0.3) is 44.3 Å². The fourth-order valence-electron chi connectivity index (χ4n) is 10.2. The molecule has 8 aromatic rings. The number of rotatable bonds is 2. The van der Waals surface area contributed by atoms with Gasteiger partial charge in [-0.25, -0.2) is 0 Å². The normalized spacial score (nSPS) is 15.2. The molecule has 3 nitrogen and oxygen atoms in total. The highest BCUT2D eigenvalue weighted by atomic mass is 32.2. The molecular formula is C51H39BN2OS. The van der Waals surface area contributed by atoms with Crippen molar-refractivity contribution in [3.8, 4) is 33.4 Å². The molecule has 3 aliphatic heterocycles. The minimum absolute atomic E-state index is 0.0310. The second-order valence-corrected chi connectivity index (χ2v) is 18.4. The standard InChI is InChI=1S/C51H39BN2OS/c1-50(2,3)31-26-27-39(35(28-31)30-16-7-6-8-17-30)53-48-44-33-18-9-11-21-37(33)51(4,5)38(44)29-36-32-20-15-25-43-47(32)54(40-22-12-14-24-42(40)56-43)52(45(36)48)46-34-19-10-13-23-41(34)55-49(46)53/h6-29H,1-5H3. The van der Waals surface area contributed by atoms with Gasteiger partial charge < -0.3 is 9.23 Å². The van der Waals surface area contributed by atoms with Crippen LogP contribution < -0.4 is 20.6 Å². The summed E-state index contributed by atoms with van der Waals surface area (Å²) >= 11 is 1.89. The van der Waals surface area contributed by atoms with Crippen LogP contribution in [0, 0.1) is 0 Å². The van der Waals surface area contributed by atoms with E-state index in [1.807, 2.05) is 11.8 Å². The van der Waals surface area contributed by atoms with Crippen LogP contribution in [0.4, 0.5) is 28.6 Å². The molecule has 4 aliphatic rings. The van der Waals surface area contributed by atoms with E-state index in [1.54, 1.807) is 0 Å². The number of fused-ring (bicyclic) bond motifs is 12. The quantitative estimate of drug-likeness (QED) is 0.164. The average molecular weight is 739 g/mol. The zero-order chi connectivity index (χ0) is 37.7. The Morgan fingerprint density at radius 1 is 0.589 bits per heavy atom. The van der Waals surface area contributed by atoms with Gasteiger partial charge in [0.2, 0.25) is 5.88 Å². The summed E-state index contributed by atoms with van der Waals surface area (Å²) < 4.78 is 7.31. The summed E-state index contributed by atoms with van der Waals surface area (Å²) in [5, 5.41) is 1.15. The van der Waals surface area contributed by atoms with Crippen LogP contribution in [-0.2, 0) is 10.8 Å². The molecule has 56 heavy (non-hydrogen) atoms. The van der Waals surface area contributed by atoms with Gasteiger partial charge in [-0.05, 0) is 86.7 Å². The Bertz CT molecular complexity index is 2990. The summed E-state index contributed by atoms with van der Waals surface area (Å²) in [4.78, 5) is 7.74. The number of hydrogen-bond donors (Lipinski definition) is 0. The van der Waals surface area contributed by atoms with Crippen LogP contribution >= 0.6 is 11.8 Å². The van der Waals surface area contributed by atoms with Crippen molar-refractivity contribution >= 4 is 69.1 Å². The zero-order valence-corrected chi connectivity index (χ0v) is 33.0. The maximum atomic E-state index is 7.31. The third kappa shape index (κ3) is 4.16. The fourth-order valence-corrected chi connectivity index (χ4v) is 11.3. The topological polar surface area (TPSA) is 19.6 Å². The first kappa shape index (κ1) is 32.3. The lowest BCUT2D eigenvalue weighted by atomic mass is 9.43. The van der Waals surface area contributed by atoms with Gasteiger partial charge in [0.1, 0.15) is 5.58 Å². The van der Waals surface area contributed by atoms with Gasteiger partial charge in [-0.3, -0.25) is 4.90 Å². The minimum Gasteiger partial charge on any atom is -0.440 e. The maximum absolute atomic E-state index is 7.31. The molecule has 0 saturated heterocycles. The van der Waals surface area contributed by atoms with E-state index >= 15 is 0 Å². The minimum atomic E-state index is -0.210. The third-order valence-electron chi connectivity index (χ3n) is 12.8. The second-order valence-electron chi connectivity index (χ2n) is 17.3. The Balaban J connectivity index is 1.30. The highest BCUT2D eigenvalue weighted by Gasteiger charge is 2.53. The predicted molar refractivity (Wildman–Crippen MR) is 236 cm³/mol. The lowest BCUT2D eigenvalue weighted by Gasteiger charge is -2.47. The van der Waals surface area contributed by atoms with Crippen LogP contribution in [0.2, 0.25) is 0 Å². The lowest BCUT2D eigenvalue weighted by Crippen LogP contribution is -2.62. The van der Waals surface area contributed by atoms with Gasteiger partial charge in [0.05, 0.1) is 17.1 Å². The molecule has 1 aliphatic carbocycles. The van der Waals surface area contributed by atoms with Gasteiger partial charge in [0.15, 0.2) is 0 Å². The first-order chi connectivity index (χ1) is 27.2. The Labute approximate surface area is 332 Å². The van der Waals surface area contributed by atoms with E-state index in [2.05, 4.69) is 190 Å². The van der Waals surface area contributed by atoms with Crippen molar-refractivity contribution < 1.29 is 4.42 Å². The van der Waals surface area contributed by atoms with Crippen molar-refractivity contribution in [1.29, 1.82) is 0 Å². The number of benzene rings is 7. The van der Waals surface area contributed by atoms with Gasteiger partial charge in [-0.2, -0.15) is 0 Å². The van der Waals surface area contributed by atoms with Crippen LogP contribution in [-0.4, -0.2) is 6.85 Å². The SMILES string of the molecule is CC(C)(C)c1ccc(N2c3oc4ccccc4c3B3c4c(cc5c(c42)-c2ccccc2C5(C)C)-c2cccc4c2N3c2ccccc2S4)c(-c2ccccc2)c1. The summed E-state index contributed by atoms with van der Waals surface area (Å²) in [6.45, 7) is 11.6. The summed E-state index contributed by atoms with van der Waals surface area (Å²) in [5.41, 5.74) is 19.7. The molecule has 0 radical (unpaired) electrons. The average Bonchev–Trinajstić information content (AvgIpc) is 3.71. The Morgan fingerprint density at radius 2 is 1.32 bits per heavy atom. The zero-order valence-electron chi connectivity index (χ0n) is 32.1. The summed E-state index contributed by atoms with van der Waals surface area (Å²) in [6.07, 6.45) is 0. The number of furan rings is 1. The summed E-state index contributed by atoms with van der Waals surface area (Å²) in [7, 11) is 0. The van der Waals surface area contributed by atoms with Crippen LogP contribution in [0.15, 0.2) is 160 Å². The molecule has 1 aromatic heterocycles. The van der Waals surface area contributed by atoms with Crippen molar-refractivity contribution in [2.75, 3.05) is 9.71 Å². The van der Waals surface area contributed by atoms with E-state index in [0.717, 1.165) is 22.5 Å². The van der Waals surface area contributed by atoms with Crippen molar-refractivity contribution in [2.45, 2.75) is 55.2 Å². The number of hydrogen-bond acceptors (Lipinski definition) is 4. The lowest BCUT2D eigenvalue weighted by molar-refractivity contribution is 0.590. The van der Waals surface area contributed by atoms with Gasteiger partial charge >= 0.3 is 6.85 Å². The summed E-state index contributed by atoms with van der Waals surface area (Å²) in [5.74, 6) is 0.891. The van der Waals surface area contributed by atoms with E-state index in [4.69, 9.17) is 4.42 Å². The van der Waals surface area contributed by atoms with E-state index in [1.165, 1.54) is 87.8 Å². The Hall–Kier alpha value is -5.91. The monoisotopic (exact) mass is 738 g/mol. The third-order valence-corrected chi connectivity index (χ3v) is 13.9. The molecule has 0 saturated carbocycles. The predicted octanol–water partition coefficient (Wildman–Crippen LogP) is 12.9. The summed E-state index contributed by atoms with van der Waals surface area (Å²) in [6, 6.07) is 54.2. The van der Waals surface area contributed by atoms with Gasteiger partial charge in [0, 0.05) is 48.4 Å². The molecule has 4 heterocycles. The second kappa shape index (κ2) is 11.1. The van der Waals surface area contributed by atoms with E-state index in [-0.39, 0.29) is 17.7 Å². The molecule has 0 atom stereocenters. The molecular weight excluding hydrogens is 699 g/mol. The molecule has 0 amide bonds. The molecule has 12 rings (SSSR count). The van der Waals surface area contributed by atoms with Crippen molar-refractivity contribution in [3.05, 3.63) is 162 Å². The van der Waals surface area contributed by atoms with Crippen LogP contribution in [0.5, 0.6) is 0 Å². The van der Waals surface area contributed by atoms with Crippen molar-refractivity contribution in [2.24, 2.45) is 0 Å². The molecule has 0 unspecified atom stereocenters. The highest BCUT2D eigenvalue weighted by Crippen LogP contribution is 2.61. The van der Waals surface area contributed by atoms with Crippen molar-refractivity contribution in [3.63, 3.8) is 0 Å². The highest BCUT2D eigenvalue weighted by molar-refractivity contribution is 7.99. The van der Waals surface area contributed by atoms with Gasteiger partial charge in [-0.15, -0.1) is 0 Å². The van der Waals surface area contributed by atoms with Gasteiger partial charge in [-0.1, -0.05) is 150 Å². The largest absolute Gasteiger partial charge is 0.440 e. The van der Waals surface area contributed by atoms with Crippen LogP contribution in [0.3, 0.4) is 0 Å². The number of nitrogens with zero attached hydrogens (tertiary/aromatic N) is 2. The van der Waals surface area contributed by atoms with E-state index in [0.29, 0.717) is 0 Å². The first-order valence-corrected chi connectivity index (χ1v) is 20.5. The molecule has 7 aromatic carbocycles. The number of para-hydroxylation sites is 3. The smallest absolute Gasteiger partial charge is 0.337 e. The molecule has 0 spiro atoms. The molecule has 0 fully saturated rings. The van der Waals surface area contributed by atoms with Crippen molar-refractivity contribution in [1.82, 2.24) is 0 Å². The fraction of sp³-hybridized carbons (Fsp3) is 0.137. The first-order valence-electron chi connectivity index (χ1n) is 19.7. The Morgan fingerprint density at radius 3 is 2.18 bits per heavy atom. The maximum Gasteiger partial charge on any atom is 0.337 e. The number of anilines is 5. The molecule has 0 bridgehead atoms. The van der Waals surface area contributed by atoms with E-state index in [9.17, 15) is 0 Å². The molecule has 0 N–H and O–H groups in total. The van der Waals surface area contributed by atoms with Crippen LogP contribution in [0.1, 0.15) is 51.3 Å². The molecule has 5 heteroatoms. The van der Waals surface area contributed by atoms with E-state index < -0.39 is 0 Å².